The van der Waals surface area contributed by atoms with E-state index in [1.807, 2.05) is 11.0 Å². The summed E-state index contributed by atoms with van der Waals surface area (Å²) in [6.45, 7) is 6.71. The molecule has 1 saturated heterocycles. The number of nitrogens with two attached hydrogens (primary N) is 1. The summed E-state index contributed by atoms with van der Waals surface area (Å²) in [5, 5.41) is 0. The third-order valence-electron chi connectivity index (χ3n) is 3.89. The lowest BCUT2D eigenvalue weighted by Crippen LogP contribution is -2.59. The van der Waals surface area contributed by atoms with Crippen LogP contribution in [0.2, 0.25) is 0 Å². The molecule has 1 aromatic carbocycles. The zero-order valence-corrected chi connectivity index (χ0v) is 12.4. The molecule has 0 radical (unpaired) electrons. The number of ether oxygens (including phenoxy) is 1. The van der Waals surface area contributed by atoms with Crippen LogP contribution in [0.5, 0.6) is 5.75 Å². The maximum atomic E-state index is 12.2. The molecular formula is C15H23N3O2. The first kappa shape index (κ1) is 14.7. The van der Waals surface area contributed by atoms with Crippen LogP contribution in [0.15, 0.2) is 24.3 Å². The van der Waals surface area contributed by atoms with Crippen molar-refractivity contribution in [3.8, 4) is 5.75 Å². The Labute approximate surface area is 120 Å². The molecule has 2 rings (SSSR count). The highest BCUT2D eigenvalue weighted by Gasteiger charge is 2.33. The van der Waals surface area contributed by atoms with E-state index in [9.17, 15) is 4.79 Å². The second kappa shape index (κ2) is 5.71. The number of nitrogens with zero attached hydrogens (tertiary/aromatic N) is 2. The molecule has 1 aliphatic heterocycles. The molecule has 1 heterocycles. The third kappa shape index (κ3) is 3.42. The molecule has 0 unspecified atom stereocenters. The van der Waals surface area contributed by atoms with Crippen molar-refractivity contribution in [2.75, 3.05) is 39.0 Å². The summed E-state index contributed by atoms with van der Waals surface area (Å²) in [6.07, 6.45) is 0. The van der Waals surface area contributed by atoms with Gasteiger partial charge in [0.2, 0.25) is 0 Å². The van der Waals surface area contributed by atoms with Crippen molar-refractivity contribution < 1.29 is 9.53 Å². The van der Waals surface area contributed by atoms with E-state index < -0.39 is 0 Å². The molecule has 0 saturated carbocycles. The molecule has 1 amide bonds. The number of hydrogen-bond acceptors (Lipinski definition) is 4. The minimum atomic E-state index is 0.00504. The van der Waals surface area contributed by atoms with Crippen LogP contribution in [-0.2, 0) is 4.79 Å². The summed E-state index contributed by atoms with van der Waals surface area (Å²) in [6, 6.07) is 7.13. The summed E-state index contributed by atoms with van der Waals surface area (Å²) < 4.78 is 5.51. The SMILES string of the molecule is CN1CCN(C(=O)COc2cccc(N)c2)CC1(C)C. The normalized spacial score (nSPS) is 18.9. The Kier molecular flexibility index (Phi) is 4.18. The third-order valence-corrected chi connectivity index (χ3v) is 3.89. The average molecular weight is 277 g/mol. The quantitative estimate of drug-likeness (QED) is 0.843. The molecular weight excluding hydrogens is 254 g/mol. The number of likely N-dealkylation sites (N-methyl/N-ethyl adjacent to an activating group) is 1. The number of hydrogen-bond donors (Lipinski definition) is 1. The van der Waals surface area contributed by atoms with Gasteiger partial charge in [-0.25, -0.2) is 0 Å². The summed E-state index contributed by atoms with van der Waals surface area (Å²) in [5.41, 5.74) is 6.32. The second-order valence-electron chi connectivity index (χ2n) is 5.91. The van der Waals surface area contributed by atoms with Gasteiger partial charge in [-0.05, 0) is 33.0 Å². The predicted molar refractivity (Wildman–Crippen MR) is 79.6 cm³/mol. The van der Waals surface area contributed by atoms with Crippen molar-refractivity contribution in [3.05, 3.63) is 24.3 Å². The van der Waals surface area contributed by atoms with E-state index in [1.54, 1.807) is 18.2 Å². The first-order chi connectivity index (χ1) is 9.38. The molecule has 0 bridgehead atoms. The fraction of sp³-hybridized carbons (Fsp3) is 0.533. The Balaban J connectivity index is 1.89. The van der Waals surface area contributed by atoms with Crippen molar-refractivity contribution in [2.24, 2.45) is 0 Å². The number of rotatable bonds is 3. The highest BCUT2D eigenvalue weighted by atomic mass is 16.5. The Morgan fingerprint density at radius 3 is 2.80 bits per heavy atom. The van der Waals surface area contributed by atoms with E-state index in [4.69, 9.17) is 10.5 Å². The monoisotopic (exact) mass is 277 g/mol. The number of carbonyl (C=O) groups is 1. The Bertz CT molecular complexity index is 488. The fourth-order valence-electron chi connectivity index (χ4n) is 2.29. The summed E-state index contributed by atoms with van der Waals surface area (Å²) in [5.74, 6) is 0.653. The molecule has 5 heteroatoms. The van der Waals surface area contributed by atoms with Gasteiger partial charge in [-0.3, -0.25) is 9.69 Å². The highest BCUT2D eigenvalue weighted by Crippen LogP contribution is 2.19. The van der Waals surface area contributed by atoms with Gasteiger partial charge in [-0.1, -0.05) is 6.07 Å². The van der Waals surface area contributed by atoms with Gasteiger partial charge in [0, 0.05) is 36.9 Å². The lowest BCUT2D eigenvalue weighted by Gasteiger charge is -2.45. The largest absolute Gasteiger partial charge is 0.484 e. The van der Waals surface area contributed by atoms with Crippen molar-refractivity contribution >= 4 is 11.6 Å². The van der Waals surface area contributed by atoms with Crippen LogP contribution in [0, 0.1) is 0 Å². The smallest absolute Gasteiger partial charge is 0.260 e. The maximum absolute atomic E-state index is 12.2. The van der Waals surface area contributed by atoms with Gasteiger partial charge in [0.25, 0.3) is 5.91 Å². The van der Waals surface area contributed by atoms with E-state index in [-0.39, 0.29) is 18.1 Å². The molecule has 20 heavy (non-hydrogen) atoms. The standard InChI is InChI=1S/C15H23N3O2/c1-15(2)11-18(8-7-17(15)3)14(19)10-20-13-6-4-5-12(16)9-13/h4-6,9H,7-8,10-11,16H2,1-3H3. The average Bonchev–Trinajstić information content (AvgIpc) is 2.39. The Morgan fingerprint density at radius 1 is 1.40 bits per heavy atom. The lowest BCUT2D eigenvalue weighted by atomic mass is 10.00. The van der Waals surface area contributed by atoms with Crippen LogP contribution in [0.4, 0.5) is 5.69 Å². The van der Waals surface area contributed by atoms with Gasteiger partial charge in [0.1, 0.15) is 5.75 Å². The zero-order chi connectivity index (χ0) is 14.8. The molecule has 1 fully saturated rings. The lowest BCUT2D eigenvalue weighted by molar-refractivity contribution is -0.137. The number of nitrogen functional groups attached to an aromatic ring is 1. The molecule has 0 aromatic heterocycles. The second-order valence-corrected chi connectivity index (χ2v) is 5.91. The number of amides is 1. The molecule has 110 valence electrons. The van der Waals surface area contributed by atoms with Crippen molar-refractivity contribution in [1.29, 1.82) is 0 Å². The molecule has 2 N–H and O–H groups in total. The zero-order valence-electron chi connectivity index (χ0n) is 12.4. The fourth-order valence-corrected chi connectivity index (χ4v) is 2.29. The summed E-state index contributed by atoms with van der Waals surface area (Å²) in [4.78, 5) is 16.3. The summed E-state index contributed by atoms with van der Waals surface area (Å²) in [7, 11) is 2.09. The van der Waals surface area contributed by atoms with Crippen LogP contribution < -0.4 is 10.5 Å². The van der Waals surface area contributed by atoms with E-state index in [0.29, 0.717) is 11.4 Å². The van der Waals surface area contributed by atoms with Gasteiger partial charge in [-0.2, -0.15) is 0 Å². The number of carbonyl (C=O) groups excluding carboxylic acids is 1. The van der Waals surface area contributed by atoms with E-state index >= 15 is 0 Å². The Hall–Kier alpha value is -1.75. The maximum Gasteiger partial charge on any atom is 0.260 e. The molecule has 0 spiro atoms. The summed E-state index contributed by atoms with van der Waals surface area (Å²) >= 11 is 0. The Morgan fingerprint density at radius 2 is 2.15 bits per heavy atom. The minimum absolute atomic E-state index is 0.00504. The van der Waals surface area contributed by atoms with Crippen molar-refractivity contribution in [3.63, 3.8) is 0 Å². The van der Waals surface area contributed by atoms with Crippen LogP contribution in [0.1, 0.15) is 13.8 Å². The number of benzene rings is 1. The van der Waals surface area contributed by atoms with Crippen LogP contribution in [-0.4, -0.2) is 54.5 Å². The van der Waals surface area contributed by atoms with Gasteiger partial charge < -0.3 is 15.4 Å². The topological polar surface area (TPSA) is 58.8 Å². The van der Waals surface area contributed by atoms with Crippen LogP contribution >= 0.6 is 0 Å². The van der Waals surface area contributed by atoms with Crippen molar-refractivity contribution in [1.82, 2.24) is 9.80 Å². The van der Waals surface area contributed by atoms with E-state index in [1.165, 1.54) is 0 Å². The van der Waals surface area contributed by atoms with Gasteiger partial charge in [0.05, 0.1) is 0 Å². The van der Waals surface area contributed by atoms with E-state index in [2.05, 4.69) is 25.8 Å². The van der Waals surface area contributed by atoms with Gasteiger partial charge >= 0.3 is 0 Å². The molecule has 1 aromatic rings. The number of anilines is 1. The van der Waals surface area contributed by atoms with Crippen LogP contribution in [0.25, 0.3) is 0 Å². The first-order valence-corrected chi connectivity index (χ1v) is 6.86. The van der Waals surface area contributed by atoms with Crippen LogP contribution in [0.3, 0.4) is 0 Å². The highest BCUT2D eigenvalue weighted by molar-refractivity contribution is 5.78. The molecule has 5 nitrogen and oxygen atoms in total. The van der Waals surface area contributed by atoms with Crippen molar-refractivity contribution in [2.45, 2.75) is 19.4 Å². The predicted octanol–water partition coefficient (Wildman–Crippen LogP) is 1.20. The van der Waals surface area contributed by atoms with Gasteiger partial charge in [-0.15, -0.1) is 0 Å². The number of piperazine rings is 1. The molecule has 0 atom stereocenters. The first-order valence-electron chi connectivity index (χ1n) is 6.86. The minimum Gasteiger partial charge on any atom is -0.484 e. The molecule has 0 aliphatic carbocycles. The van der Waals surface area contributed by atoms with E-state index in [0.717, 1.165) is 19.6 Å². The van der Waals surface area contributed by atoms with Gasteiger partial charge in [0.15, 0.2) is 6.61 Å². The molecule has 1 aliphatic rings.